The third kappa shape index (κ3) is 2.79. The molecule has 1 heterocycles. The lowest BCUT2D eigenvalue weighted by Gasteiger charge is -2.10. The molecule has 2 rings (SSSR count). The number of nitriles is 1. The van der Waals surface area contributed by atoms with Crippen molar-refractivity contribution >= 4 is 27.4 Å². The van der Waals surface area contributed by atoms with Crippen molar-refractivity contribution in [3.05, 3.63) is 46.6 Å². The zero-order valence-electron chi connectivity index (χ0n) is 9.64. The number of aromatic nitrogens is 1. The van der Waals surface area contributed by atoms with Crippen LogP contribution in [0.3, 0.4) is 0 Å². The Balaban J connectivity index is 2.33. The standard InChI is InChI=1S/C13H10BrN3O/c1-18-12-3-2-10(14)7-11(12)17-13-6-9(8-15)4-5-16-13/h2-7H,1H3,(H,16,17). The largest absolute Gasteiger partial charge is 0.495 e. The van der Waals surface area contributed by atoms with E-state index < -0.39 is 0 Å². The second-order valence-corrected chi connectivity index (χ2v) is 4.43. The van der Waals surface area contributed by atoms with Gasteiger partial charge in [-0.2, -0.15) is 5.26 Å². The van der Waals surface area contributed by atoms with Gasteiger partial charge in [-0.05, 0) is 30.3 Å². The number of rotatable bonds is 3. The number of anilines is 2. The summed E-state index contributed by atoms with van der Waals surface area (Å²) in [6.45, 7) is 0. The highest BCUT2D eigenvalue weighted by molar-refractivity contribution is 9.10. The Bertz CT molecular complexity index is 607. The van der Waals surface area contributed by atoms with Crippen LogP contribution in [0.25, 0.3) is 0 Å². The summed E-state index contributed by atoms with van der Waals surface area (Å²) < 4.78 is 6.19. The fourth-order valence-electron chi connectivity index (χ4n) is 1.48. The van der Waals surface area contributed by atoms with E-state index in [1.165, 1.54) is 0 Å². The number of ether oxygens (including phenoxy) is 1. The van der Waals surface area contributed by atoms with Crippen LogP contribution in [0.1, 0.15) is 5.56 Å². The van der Waals surface area contributed by atoms with E-state index in [1.807, 2.05) is 18.2 Å². The molecule has 0 spiro atoms. The normalized spacial score (nSPS) is 9.61. The maximum Gasteiger partial charge on any atom is 0.142 e. The van der Waals surface area contributed by atoms with Gasteiger partial charge in [0.15, 0.2) is 0 Å². The molecule has 0 aliphatic carbocycles. The summed E-state index contributed by atoms with van der Waals surface area (Å²) in [5.41, 5.74) is 1.34. The number of halogens is 1. The zero-order valence-corrected chi connectivity index (χ0v) is 11.2. The van der Waals surface area contributed by atoms with Gasteiger partial charge < -0.3 is 10.1 Å². The minimum atomic E-state index is 0.557. The van der Waals surface area contributed by atoms with E-state index in [4.69, 9.17) is 10.00 Å². The van der Waals surface area contributed by atoms with Crippen LogP contribution < -0.4 is 10.1 Å². The van der Waals surface area contributed by atoms with Gasteiger partial charge in [0.25, 0.3) is 0 Å². The van der Waals surface area contributed by atoms with Gasteiger partial charge >= 0.3 is 0 Å². The third-order valence-corrected chi connectivity index (χ3v) is 2.81. The van der Waals surface area contributed by atoms with E-state index in [9.17, 15) is 0 Å². The van der Waals surface area contributed by atoms with E-state index in [0.717, 1.165) is 10.2 Å². The molecule has 5 heteroatoms. The van der Waals surface area contributed by atoms with Crippen LogP contribution in [0.2, 0.25) is 0 Å². The van der Waals surface area contributed by atoms with Crippen LogP contribution in [-0.4, -0.2) is 12.1 Å². The lowest BCUT2D eigenvalue weighted by molar-refractivity contribution is 0.416. The summed E-state index contributed by atoms with van der Waals surface area (Å²) in [5.74, 6) is 1.31. The van der Waals surface area contributed by atoms with Crippen molar-refractivity contribution in [2.24, 2.45) is 0 Å². The number of nitrogens with zero attached hydrogens (tertiary/aromatic N) is 2. The topological polar surface area (TPSA) is 57.9 Å². The zero-order chi connectivity index (χ0) is 13.0. The van der Waals surface area contributed by atoms with Gasteiger partial charge in [-0.3, -0.25) is 0 Å². The Labute approximate surface area is 113 Å². The van der Waals surface area contributed by atoms with E-state index in [-0.39, 0.29) is 0 Å². The highest BCUT2D eigenvalue weighted by atomic mass is 79.9. The van der Waals surface area contributed by atoms with Crippen molar-refractivity contribution in [1.82, 2.24) is 4.98 Å². The molecule has 4 nitrogen and oxygen atoms in total. The van der Waals surface area contributed by atoms with Gasteiger partial charge in [0, 0.05) is 10.7 Å². The smallest absolute Gasteiger partial charge is 0.142 e. The Morgan fingerprint density at radius 2 is 2.17 bits per heavy atom. The molecule has 0 saturated heterocycles. The molecular weight excluding hydrogens is 294 g/mol. The first-order chi connectivity index (χ1) is 8.72. The minimum Gasteiger partial charge on any atom is -0.495 e. The molecule has 18 heavy (non-hydrogen) atoms. The molecule has 0 bridgehead atoms. The second kappa shape index (κ2) is 5.52. The molecule has 1 aromatic carbocycles. The average Bonchev–Trinajstić information content (AvgIpc) is 2.39. The molecule has 90 valence electrons. The van der Waals surface area contributed by atoms with Crippen molar-refractivity contribution < 1.29 is 4.74 Å². The molecule has 0 radical (unpaired) electrons. The highest BCUT2D eigenvalue weighted by Gasteiger charge is 2.05. The Morgan fingerprint density at radius 1 is 1.33 bits per heavy atom. The summed E-state index contributed by atoms with van der Waals surface area (Å²) >= 11 is 3.40. The molecular formula is C13H10BrN3O. The van der Waals surface area contributed by atoms with Crippen molar-refractivity contribution in [1.29, 1.82) is 5.26 Å². The third-order valence-electron chi connectivity index (χ3n) is 2.31. The summed E-state index contributed by atoms with van der Waals surface area (Å²) in [7, 11) is 1.60. The molecule has 1 N–H and O–H groups in total. The fraction of sp³-hybridized carbons (Fsp3) is 0.0769. The van der Waals surface area contributed by atoms with Gasteiger partial charge in [0.2, 0.25) is 0 Å². The van der Waals surface area contributed by atoms with Crippen LogP contribution >= 0.6 is 15.9 Å². The van der Waals surface area contributed by atoms with Crippen LogP contribution in [0.5, 0.6) is 5.75 Å². The van der Waals surface area contributed by atoms with Crippen LogP contribution in [0.15, 0.2) is 41.0 Å². The number of benzene rings is 1. The van der Waals surface area contributed by atoms with Crippen molar-refractivity contribution in [3.8, 4) is 11.8 Å². The predicted molar refractivity (Wildman–Crippen MR) is 72.9 cm³/mol. The lowest BCUT2D eigenvalue weighted by Crippen LogP contribution is -1.97. The SMILES string of the molecule is COc1ccc(Br)cc1Nc1cc(C#N)ccn1. The summed E-state index contributed by atoms with van der Waals surface area (Å²) in [6, 6.07) is 11.0. The van der Waals surface area contributed by atoms with Gasteiger partial charge in [0.1, 0.15) is 11.6 Å². The number of hydrogen-bond donors (Lipinski definition) is 1. The maximum absolute atomic E-state index is 8.84. The van der Waals surface area contributed by atoms with Crippen LogP contribution in [0.4, 0.5) is 11.5 Å². The number of nitrogens with one attached hydrogen (secondary N) is 1. The monoisotopic (exact) mass is 303 g/mol. The maximum atomic E-state index is 8.84. The van der Waals surface area contributed by atoms with E-state index >= 15 is 0 Å². The van der Waals surface area contributed by atoms with Gasteiger partial charge in [-0.15, -0.1) is 0 Å². The first kappa shape index (κ1) is 12.4. The molecule has 2 aromatic rings. The lowest BCUT2D eigenvalue weighted by atomic mass is 10.2. The molecule has 0 aliphatic heterocycles. The van der Waals surface area contributed by atoms with Gasteiger partial charge in [0.05, 0.1) is 24.4 Å². The Hall–Kier alpha value is -2.06. The Morgan fingerprint density at radius 3 is 2.89 bits per heavy atom. The fourth-order valence-corrected chi connectivity index (χ4v) is 1.85. The molecule has 0 fully saturated rings. The van der Waals surface area contributed by atoms with E-state index in [1.54, 1.807) is 25.4 Å². The molecule has 1 aromatic heterocycles. The van der Waals surface area contributed by atoms with Crippen molar-refractivity contribution in [2.75, 3.05) is 12.4 Å². The van der Waals surface area contributed by atoms with Gasteiger partial charge in [-0.1, -0.05) is 15.9 Å². The number of hydrogen-bond acceptors (Lipinski definition) is 4. The quantitative estimate of drug-likeness (QED) is 0.943. The Kier molecular flexibility index (Phi) is 3.80. The van der Waals surface area contributed by atoms with Crippen molar-refractivity contribution in [3.63, 3.8) is 0 Å². The summed E-state index contributed by atoms with van der Waals surface area (Å²) in [5, 5.41) is 12.0. The van der Waals surface area contributed by atoms with E-state index in [2.05, 4.69) is 32.3 Å². The summed E-state index contributed by atoms with van der Waals surface area (Å²) in [6.07, 6.45) is 1.59. The van der Waals surface area contributed by atoms with Crippen molar-refractivity contribution in [2.45, 2.75) is 0 Å². The molecule has 0 atom stereocenters. The molecule has 0 saturated carbocycles. The van der Waals surface area contributed by atoms with E-state index in [0.29, 0.717) is 17.1 Å². The van der Waals surface area contributed by atoms with Crippen LogP contribution in [-0.2, 0) is 0 Å². The molecule has 0 amide bonds. The molecule has 0 aliphatic rings. The minimum absolute atomic E-state index is 0.557. The summed E-state index contributed by atoms with van der Waals surface area (Å²) in [4.78, 5) is 4.15. The second-order valence-electron chi connectivity index (χ2n) is 3.51. The molecule has 0 unspecified atom stereocenters. The van der Waals surface area contributed by atoms with Crippen LogP contribution in [0, 0.1) is 11.3 Å². The van der Waals surface area contributed by atoms with Gasteiger partial charge in [-0.25, -0.2) is 4.98 Å². The first-order valence-corrected chi connectivity index (χ1v) is 5.99. The number of pyridine rings is 1. The average molecular weight is 304 g/mol. The first-order valence-electron chi connectivity index (χ1n) is 5.19. The highest BCUT2D eigenvalue weighted by Crippen LogP contribution is 2.30. The predicted octanol–water partition coefficient (Wildman–Crippen LogP) is 3.47. The number of methoxy groups -OCH3 is 1.